The smallest absolute Gasteiger partial charge is 0.173 e. The average Bonchev–Trinajstić information content (AvgIpc) is 2.79. The summed E-state index contributed by atoms with van der Waals surface area (Å²) in [7, 11) is 4.11. The number of halogens is 1. The van der Waals surface area contributed by atoms with Gasteiger partial charge in [0.2, 0.25) is 0 Å². The maximum atomic E-state index is 5.83. The predicted octanol–water partition coefficient (Wildman–Crippen LogP) is 1.92. The minimum absolute atomic E-state index is 0. The fraction of sp³-hybridized carbons (Fsp3) is 0.148. The van der Waals surface area contributed by atoms with E-state index in [0.717, 1.165) is 17.9 Å². The predicted molar refractivity (Wildman–Crippen MR) is 127 cm³/mol. The molecule has 0 aliphatic rings. The monoisotopic (exact) mass is 489 g/mol. The molecule has 1 heterocycles. The molecule has 164 valence electrons. The molecule has 4 rings (SSSR count). The Bertz CT molecular complexity index is 1120. The Morgan fingerprint density at radius 1 is 0.781 bits per heavy atom. The molecule has 0 aliphatic heterocycles. The van der Waals surface area contributed by atoms with E-state index in [2.05, 4.69) is 96.6 Å². The number of rotatable bonds is 7. The molecule has 0 aliphatic carbocycles. The fourth-order valence-corrected chi connectivity index (χ4v) is 3.43. The van der Waals surface area contributed by atoms with Crippen molar-refractivity contribution in [3.63, 3.8) is 0 Å². The maximum absolute atomic E-state index is 5.83. The van der Waals surface area contributed by atoms with Crippen molar-refractivity contribution in [3.8, 4) is 16.9 Å². The van der Waals surface area contributed by atoms with Gasteiger partial charge in [0.25, 0.3) is 0 Å². The highest BCUT2D eigenvalue weighted by Crippen LogP contribution is 2.22. The topological polar surface area (TPSA) is 42.4 Å². The number of aromatic nitrogens is 1. The van der Waals surface area contributed by atoms with Crippen molar-refractivity contribution in [1.29, 1.82) is 0 Å². The molecule has 32 heavy (non-hydrogen) atoms. The van der Waals surface area contributed by atoms with E-state index >= 15 is 0 Å². The molecule has 1 aromatic heterocycles. The van der Waals surface area contributed by atoms with Crippen LogP contribution in [0.3, 0.4) is 0 Å². The molecule has 0 fully saturated rings. The molecule has 5 heteroatoms. The van der Waals surface area contributed by atoms with Gasteiger partial charge in [-0.1, -0.05) is 54.6 Å². The zero-order valence-corrected chi connectivity index (χ0v) is 20.0. The van der Waals surface area contributed by atoms with E-state index in [1.165, 1.54) is 22.4 Å². The first-order chi connectivity index (χ1) is 15.1. The summed E-state index contributed by atoms with van der Waals surface area (Å²) in [6.07, 6.45) is 4.24. The van der Waals surface area contributed by atoms with Crippen LogP contribution in [0.4, 0.5) is 11.4 Å². The summed E-state index contributed by atoms with van der Waals surface area (Å²) in [5.74, 6) is 0.786. The second-order valence-electron chi connectivity index (χ2n) is 7.88. The Labute approximate surface area is 200 Å². The quantitative estimate of drug-likeness (QED) is 0.318. The Hall–Kier alpha value is -3.31. The zero-order valence-electron chi connectivity index (χ0n) is 18.4. The van der Waals surface area contributed by atoms with Gasteiger partial charge in [-0.3, -0.25) is 0 Å². The number of nitrogen functional groups attached to an aromatic ring is 1. The van der Waals surface area contributed by atoms with Crippen LogP contribution in [-0.2, 0) is 13.2 Å². The lowest BCUT2D eigenvalue weighted by Crippen LogP contribution is -3.00. The van der Waals surface area contributed by atoms with Gasteiger partial charge in [0.1, 0.15) is 12.4 Å². The van der Waals surface area contributed by atoms with Crippen molar-refractivity contribution >= 4 is 11.4 Å². The number of hydrogen-bond donors (Lipinski definition) is 1. The van der Waals surface area contributed by atoms with Gasteiger partial charge in [0, 0.05) is 49.2 Å². The van der Waals surface area contributed by atoms with E-state index in [0.29, 0.717) is 12.3 Å². The maximum Gasteiger partial charge on any atom is 0.173 e. The van der Waals surface area contributed by atoms with Gasteiger partial charge in [-0.25, -0.2) is 4.57 Å². The molecule has 0 saturated carbocycles. The Kier molecular flexibility index (Phi) is 7.90. The molecule has 3 aromatic carbocycles. The fourth-order valence-electron chi connectivity index (χ4n) is 3.43. The van der Waals surface area contributed by atoms with Crippen LogP contribution in [0.2, 0.25) is 0 Å². The van der Waals surface area contributed by atoms with Crippen molar-refractivity contribution in [2.45, 2.75) is 13.2 Å². The van der Waals surface area contributed by atoms with Crippen LogP contribution in [0.5, 0.6) is 5.75 Å². The van der Waals surface area contributed by atoms with Crippen LogP contribution in [0.25, 0.3) is 11.1 Å². The van der Waals surface area contributed by atoms with E-state index in [9.17, 15) is 0 Å². The molecule has 4 aromatic rings. The van der Waals surface area contributed by atoms with Gasteiger partial charge in [-0.15, -0.1) is 0 Å². The highest BCUT2D eigenvalue weighted by atomic mass is 79.9. The molecule has 0 bridgehead atoms. The summed E-state index contributed by atoms with van der Waals surface area (Å²) >= 11 is 0. The number of hydrogen-bond acceptors (Lipinski definition) is 3. The van der Waals surface area contributed by atoms with Crippen LogP contribution >= 0.6 is 0 Å². The number of anilines is 2. The average molecular weight is 490 g/mol. The Balaban J connectivity index is 0.00000289. The summed E-state index contributed by atoms with van der Waals surface area (Å²) in [5.41, 5.74) is 12.5. The zero-order chi connectivity index (χ0) is 21.6. The Morgan fingerprint density at radius 3 is 1.94 bits per heavy atom. The SMILES string of the molecule is CN(C)c1cc[n+](Cc2ccc(-c3ccc(COc4cccc(N)c4)cc3)cc2)cc1.[Br-]. The third-order valence-electron chi connectivity index (χ3n) is 5.26. The van der Waals surface area contributed by atoms with E-state index < -0.39 is 0 Å². The number of ether oxygens (including phenoxy) is 1. The molecule has 0 spiro atoms. The van der Waals surface area contributed by atoms with Gasteiger partial charge < -0.3 is 32.4 Å². The van der Waals surface area contributed by atoms with E-state index in [-0.39, 0.29) is 17.0 Å². The molecule has 0 atom stereocenters. The van der Waals surface area contributed by atoms with Gasteiger partial charge in [0.05, 0.1) is 0 Å². The van der Waals surface area contributed by atoms with Crippen LogP contribution in [0.15, 0.2) is 97.3 Å². The highest BCUT2D eigenvalue weighted by Gasteiger charge is 2.05. The summed E-state index contributed by atoms with van der Waals surface area (Å²) < 4.78 is 8.02. The van der Waals surface area contributed by atoms with Crippen LogP contribution in [-0.4, -0.2) is 14.1 Å². The lowest BCUT2D eigenvalue weighted by Gasteiger charge is -2.10. The van der Waals surface area contributed by atoms with Crippen molar-refractivity contribution in [1.82, 2.24) is 0 Å². The van der Waals surface area contributed by atoms with Crippen molar-refractivity contribution in [2.24, 2.45) is 0 Å². The largest absolute Gasteiger partial charge is 1.00 e. The lowest BCUT2D eigenvalue weighted by molar-refractivity contribution is -0.688. The molecule has 4 nitrogen and oxygen atoms in total. The van der Waals surface area contributed by atoms with Crippen LogP contribution in [0.1, 0.15) is 11.1 Å². The lowest BCUT2D eigenvalue weighted by atomic mass is 10.0. The van der Waals surface area contributed by atoms with Gasteiger partial charge in [0.15, 0.2) is 18.9 Å². The molecule has 0 saturated heterocycles. The van der Waals surface area contributed by atoms with Crippen molar-refractivity contribution < 1.29 is 26.3 Å². The normalized spacial score (nSPS) is 10.3. The third-order valence-corrected chi connectivity index (χ3v) is 5.26. The molecule has 0 radical (unpaired) electrons. The van der Waals surface area contributed by atoms with Gasteiger partial charge in [-0.2, -0.15) is 0 Å². The molecule has 0 unspecified atom stereocenters. The summed E-state index contributed by atoms with van der Waals surface area (Å²) in [6.45, 7) is 1.38. The number of nitrogens with zero attached hydrogens (tertiary/aromatic N) is 2. The number of benzene rings is 3. The first-order valence-corrected chi connectivity index (χ1v) is 10.4. The standard InChI is InChI=1S/C27H28N3O.BrH/c1-29(2)26-14-16-30(17-15-26)19-21-6-10-23(11-7-21)24-12-8-22(9-13-24)20-31-27-5-3-4-25(28)18-27;/h3-18H,19-20,28H2,1-2H3;1H/q+1;/p-1. The number of nitrogens with two attached hydrogens (primary N) is 1. The third kappa shape index (κ3) is 6.11. The summed E-state index contributed by atoms with van der Waals surface area (Å²) in [4.78, 5) is 2.11. The Morgan fingerprint density at radius 2 is 1.38 bits per heavy atom. The molecule has 2 N–H and O–H groups in total. The molecular formula is C27H28BrN3O. The summed E-state index contributed by atoms with van der Waals surface area (Å²) in [5, 5.41) is 0. The van der Waals surface area contributed by atoms with E-state index in [1.807, 2.05) is 24.3 Å². The molecule has 0 amide bonds. The van der Waals surface area contributed by atoms with Crippen LogP contribution in [0, 0.1) is 0 Å². The first kappa shape index (κ1) is 23.4. The first-order valence-electron chi connectivity index (χ1n) is 10.4. The van der Waals surface area contributed by atoms with Crippen LogP contribution < -0.4 is 36.9 Å². The van der Waals surface area contributed by atoms with Gasteiger partial charge in [-0.05, 0) is 28.8 Å². The van der Waals surface area contributed by atoms with E-state index in [4.69, 9.17) is 10.5 Å². The molecular weight excluding hydrogens is 462 g/mol. The number of pyridine rings is 1. The van der Waals surface area contributed by atoms with Crippen molar-refractivity contribution in [2.75, 3.05) is 24.7 Å². The van der Waals surface area contributed by atoms with E-state index in [1.54, 1.807) is 0 Å². The highest BCUT2D eigenvalue weighted by molar-refractivity contribution is 5.64. The minimum Gasteiger partial charge on any atom is -1.00 e. The second kappa shape index (κ2) is 10.8. The summed E-state index contributed by atoms with van der Waals surface area (Å²) in [6, 6.07) is 29.0. The minimum atomic E-state index is 0. The second-order valence-corrected chi connectivity index (χ2v) is 7.88. The van der Waals surface area contributed by atoms with Gasteiger partial charge >= 0.3 is 0 Å². The van der Waals surface area contributed by atoms with Crippen molar-refractivity contribution in [3.05, 3.63) is 108 Å².